The molecule has 1 atom stereocenters. The predicted molar refractivity (Wildman–Crippen MR) is 81.6 cm³/mol. The van der Waals surface area contributed by atoms with Gasteiger partial charge in [-0.05, 0) is 36.2 Å². The van der Waals surface area contributed by atoms with E-state index in [9.17, 15) is 4.39 Å². The zero-order valence-electron chi connectivity index (χ0n) is 11.9. The Kier molecular flexibility index (Phi) is 5.04. The summed E-state index contributed by atoms with van der Waals surface area (Å²) < 4.78 is 24.5. The Morgan fingerprint density at radius 3 is 2.29 bits per heavy atom. The fourth-order valence-corrected chi connectivity index (χ4v) is 2.43. The van der Waals surface area contributed by atoms with Crippen molar-refractivity contribution in [3.8, 4) is 11.5 Å². The van der Waals surface area contributed by atoms with E-state index in [-0.39, 0.29) is 5.82 Å². The maximum Gasteiger partial charge on any atom is 0.127 e. The summed E-state index contributed by atoms with van der Waals surface area (Å²) in [7, 11) is 3.13. The van der Waals surface area contributed by atoms with Crippen LogP contribution >= 0.6 is 11.6 Å². The molecule has 0 heterocycles. The smallest absolute Gasteiger partial charge is 0.127 e. The molecule has 2 aromatic carbocycles. The summed E-state index contributed by atoms with van der Waals surface area (Å²) in [5.41, 5.74) is 7.45. The predicted octanol–water partition coefficient (Wildman–Crippen LogP) is 3.74. The summed E-state index contributed by atoms with van der Waals surface area (Å²) in [6, 6.07) is 9.53. The molecule has 0 fully saturated rings. The van der Waals surface area contributed by atoms with Crippen LogP contribution in [0.5, 0.6) is 11.5 Å². The van der Waals surface area contributed by atoms with Gasteiger partial charge in [0.2, 0.25) is 0 Å². The molecule has 0 aromatic heterocycles. The van der Waals surface area contributed by atoms with Crippen molar-refractivity contribution in [2.75, 3.05) is 14.2 Å². The van der Waals surface area contributed by atoms with Gasteiger partial charge in [0.25, 0.3) is 0 Å². The Balaban J connectivity index is 2.33. The molecular weight excluding hydrogens is 293 g/mol. The number of hydrogen-bond acceptors (Lipinski definition) is 3. The van der Waals surface area contributed by atoms with E-state index in [0.29, 0.717) is 28.5 Å². The Labute approximate surface area is 128 Å². The van der Waals surface area contributed by atoms with Crippen LogP contribution in [-0.2, 0) is 6.42 Å². The standard InChI is InChI=1S/C16H17ClFNO2/c1-20-14-4-3-5-15(21-2)16(14)13(19)8-10-6-7-11(17)9-12(10)18/h3-7,9,13H,8,19H2,1-2H3. The average molecular weight is 310 g/mol. The van der Waals surface area contributed by atoms with Crippen LogP contribution in [-0.4, -0.2) is 14.2 Å². The van der Waals surface area contributed by atoms with Gasteiger partial charge < -0.3 is 15.2 Å². The van der Waals surface area contributed by atoms with Gasteiger partial charge in [-0.25, -0.2) is 4.39 Å². The zero-order valence-corrected chi connectivity index (χ0v) is 12.7. The third-order valence-corrected chi connectivity index (χ3v) is 3.53. The molecule has 5 heteroatoms. The lowest BCUT2D eigenvalue weighted by Gasteiger charge is -2.19. The molecule has 21 heavy (non-hydrogen) atoms. The fourth-order valence-electron chi connectivity index (χ4n) is 2.27. The van der Waals surface area contributed by atoms with Crippen molar-refractivity contribution in [1.82, 2.24) is 0 Å². The first-order chi connectivity index (χ1) is 10.1. The third kappa shape index (κ3) is 3.46. The van der Waals surface area contributed by atoms with Crippen molar-refractivity contribution in [3.05, 3.63) is 58.4 Å². The molecule has 0 aliphatic heterocycles. The van der Waals surface area contributed by atoms with Crippen LogP contribution < -0.4 is 15.2 Å². The molecule has 112 valence electrons. The zero-order chi connectivity index (χ0) is 15.4. The van der Waals surface area contributed by atoms with Gasteiger partial charge in [0.1, 0.15) is 17.3 Å². The lowest BCUT2D eigenvalue weighted by Crippen LogP contribution is -2.16. The summed E-state index contributed by atoms with van der Waals surface area (Å²) in [6.45, 7) is 0. The van der Waals surface area contributed by atoms with Crippen molar-refractivity contribution in [2.24, 2.45) is 5.73 Å². The van der Waals surface area contributed by atoms with Gasteiger partial charge in [0, 0.05) is 11.1 Å². The first-order valence-electron chi connectivity index (χ1n) is 6.47. The lowest BCUT2D eigenvalue weighted by atomic mass is 9.97. The van der Waals surface area contributed by atoms with Gasteiger partial charge in [0.05, 0.1) is 19.8 Å². The van der Waals surface area contributed by atoms with Gasteiger partial charge in [-0.3, -0.25) is 0 Å². The highest BCUT2D eigenvalue weighted by molar-refractivity contribution is 6.30. The van der Waals surface area contributed by atoms with E-state index < -0.39 is 6.04 Å². The summed E-state index contributed by atoms with van der Waals surface area (Å²) in [6.07, 6.45) is 0.319. The molecule has 0 bridgehead atoms. The van der Waals surface area contributed by atoms with E-state index in [2.05, 4.69) is 0 Å². The molecule has 1 unspecified atom stereocenters. The Morgan fingerprint density at radius 2 is 1.76 bits per heavy atom. The normalized spacial score (nSPS) is 12.0. The van der Waals surface area contributed by atoms with Crippen molar-refractivity contribution in [3.63, 3.8) is 0 Å². The largest absolute Gasteiger partial charge is 0.496 e. The number of ether oxygens (including phenoxy) is 2. The number of benzene rings is 2. The van der Waals surface area contributed by atoms with Crippen LogP contribution in [0.2, 0.25) is 5.02 Å². The summed E-state index contributed by atoms with van der Waals surface area (Å²) in [5.74, 6) is 0.874. The van der Waals surface area contributed by atoms with Crippen molar-refractivity contribution >= 4 is 11.6 Å². The highest BCUT2D eigenvalue weighted by Crippen LogP contribution is 2.34. The van der Waals surface area contributed by atoms with Crippen LogP contribution in [0.25, 0.3) is 0 Å². The number of hydrogen-bond donors (Lipinski definition) is 1. The van der Waals surface area contributed by atoms with E-state index in [0.717, 1.165) is 5.56 Å². The van der Waals surface area contributed by atoms with Crippen molar-refractivity contribution in [2.45, 2.75) is 12.5 Å². The number of nitrogens with two attached hydrogens (primary N) is 1. The van der Waals surface area contributed by atoms with Crippen LogP contribution in [0.3, 0.4) is 0 Å². The van der Waals surface area contributed by atoms with Gasteiger partial charge in [0.15, 0.2) is 0 Å². The molecular formula is C16H17ClFNO2. The minimum absolute atomic E-state index is 0.319. The van der Waals surface area contributed by atoms with Crippen LogP contribution in [0, 0.1) is 5.82 Å². The summed E-state index contributed by atoms with van der Waals surface area (Å²) >= 11 is 5.75. The van der Waals surface area contributed by atoms with E-state index in [4.69, 9.17) is 26.8 Å². The highest BCUT2D eigenvalue weighted by Gasteiger charge is 2.19. The van der Waals surface area contributed by atoms with Crippen molar-refractivity contribution < 1.29 is 13.9 Å². The minimum Gasteiger partial charge on any atom is -0.496 e. The highest BCUT2D eigenvalue weighted by atomic mass is 35.5. The second-order valence-electron chi connectivity index (χ2n) is 4.62. The monoisotopic (exact) mass is 309 g/mol. The molecule has 0 saturated heterocycles. The summed E-state index contributed by atoms with van der Waals surface area (Å²) in [4.78, 5) is 0. The summed E-state index contributed by atoms with van der Waals surface area (Å²) in [5, 5.41) is 0.361. The second-order valence-corrected chi connectivity index (χ2v) is 5.06. The number of halogens is 2. The Bertz CT molecular complexity index is 611. The minimum atomic E-state index is -0.452. The Hall–Kier alpha value is -1.78. The third-order valence-electron chi connectivity index (χ3n) is 3.29. The Morgan fingerprint density at radius 1 is 1.14 bits per heavy atom. The molecule has 0 radical (unpaired) electrons. The van der Waals surface area contributed by atoms with Crippen LogP contribution in [0.15, 0.2) is 36.4 Å². The number of methoxy groups -OCH3 is 2. The molecule has 0 saturated carbocycles. The molecule has 0 amide bonds. The van der Waals surface area contributed by atoms with Gasteiger partial charge in [-0.2, -0.15) is 0 Å². The molecule has 2 N–H and O–H groups in total. The molecule has 2 rings (SSSR count). The lowest BCUT2D eigenvalue weighted by molar-refractivity contribution is 0.378. The van der Waals surface area contributed by atoms with E-state index >= 15 is 0 Å². The molecule has 0 spiro atoms. The first kappa shape index (κ1) is 15.6. The second kappa shape index (κ2) is 6.78. The van der Waals surface area contributed by atoms with Gasteiger partial charge in [-0.1, -0.05) is 23.7 Å². The molecule has 0 aliphatic carbocycles. The SMILES string of the molecule is COc1cccc(OC)c1C(N)Cc1ccc(Cl)cc1F. The van der Waals surface area contributed by atoms with E-state index in [1.165, 1.54) is 6.07 Å². The van der Waals surface area contributed by atoms with Crippen molar-refractivity contribution in [1.29, 1.82) is 0 Å². The quantitative estimate of drug-likeness (QED) is 0.915. The molecule has 3 nitrogen and oxygen atoms in total. The maximum atomic E-state index is 13.9. The molecule has 2 aromatic rings. The number of rotatable bonds is 5. The first-order valence-corrected chi connectivity index (χ1v) is 6.85. The van der Waals surface area contributed by atoms with Crippen LogP contribution in [0.4, 0.5) is 4.39 Å². The average Bonchev–Trinajstić information content (AvgIpc) is 2.49. The van der Waals surface area contributed by atoms with E-state index in [1.807, 2.05) is 6.07 Å². The van der Waals surface area contributed by atoms with Gasteiger partial charge in [-0.15, -0.1) is 0 Å². The van der Waals surface area contributed by atoms with Gasteiger partial charge >= 0.3 is 0 Å². The molecule has 0 aliphatic rings. The van der Waals surface area contributed by atoms with Crippen LogP contribution in [0.1, 0.15) is 17.2 Å². The topological polar surface area (TPSA) is 44.5 Å². The van der Waals surface area contributed by atoms with E-state index in [1.54, 1.807) is 38.5 Å². The maximum absolute atomic E-state index is 13.9. The fraction of sp³-hybridized carbons (Fsp3) is 0.250.